The monoisotopic (exact) mass is 752 g/mol. The van der Waals surface area contributed by atoms with Crippen molar-refractivity contribution in [1.82, 2.24) is 9.80 Å². The van der Waals surface area contributed by atoms with Crippen molar-refractivity contribution >= 4 is 36.1 Å². The standard InChI is InChI=1S/C12H24O2.C10H16N2O8.C6H12O5.4Na.4H/c1-2-3-4-5-6-7-8-9-10-11-12(13)14;13-7(14)3-11(4-8(15)16)1-2-12(5-9(17)18)6-10(19)20;1-3(8)5(10)6(11)4(9)2-7;;;;;;;;/h2-11H2,1H3,(H,13,14);1-6H2,(H,13,14)(H,15,16)(H,17,18)(H,19,20);2-6,8-11H,1H3;;;;;;;;/q;;;4*+1;4*-1/t;;3-,4-,5-,6-;;;;;;;;/m..0......../s1. The molecule has 272 valence electrons. The van der Waals surface area contributed by atoms with Crippen LogP contribution < -0.4 is 118 Å². The second-order valence-electron chi connectivity index (χ2n) is 10.3. The van der Waals surface area contributed by atoms with Gasteiger partial charge in [-0.2, -0.15) is 0 Å². The van der Waals surface area contributed by atoms with E-state index in [1.807, 2.05) is 0 Å². The van der Waals surface area contributed by atoms with Crippen LogP contribution in [-0.4, -0.2) is 156 Å². The van der Waals surface area contributed by atoms with Crippen LogP contribution in [0.1, 0.15) is 83.8 Å². The molecule has 21 heteroatoms. The number of carboxylic acids is 5. The molecule has 0 aromatic carbocycles. The number of aldehydes is 1. The van der Waals surface area contributed by atoms with Gasteiger partial charge in [0.05, 0.1) is 32.3 Å². The van der Waals surface area contributed by atoms with Crippen LogP contribution in [-0.2, 0) is 28.8 Å². The minimum absolute atomic E-state index is 0. The zero-order valence-electron chi connectivity index (χ0n) is 34.1. The van der Waals surface area contributed by atoms with E-state index < -0.39 is 80.4 Å². The first-order chi connectivity index (χ1) is 21.0. The first-order valence-electron chi connectivity index (χ1n) is 14.7. The van der Waals surface area contributed by atoms with Crippen LogP contribution in [0.2, 0.25) is 0 Å². The summed E-state index contributed by atoms with van der Waals surface area (Å²) in [5.41, 5.74) is 0. The maximum atomic E-state index is 10.6. The molecule has 0 aromatic rings. The Morgan fingerprint density at radius 3 is 1.10 bits per heavy atom. The fourth-order valence-corrected chi connectivity index (χ4v) is 3.63. The van der Waals surface area contributed by atoms with Crippen molar-refractivity contribution in [3.8, 4) is 0 Å². The number of unbranched alkanes of at least 4 members (excludes halogenated alkanes) is 8. The summed E-state index contributed by atoms with van der Waals surface area (Å²) in [5, 5.41) is 78.0. The third-order valence-corrected chi connectivity index (χ3v) is 6.00. The first kappa shape index (κ1) is 64.7. The Hall–Kier alpha value is 0.780. The van der Waals surface area contributed by atoms with Crippen molar-refractivity contribution in [2.75, 3.05) is 39.3 Å². The van der Waals surface area contributed by atoms with Gasteiger partial charge in [0.25, 0.3) is 0 Å². The number of rotatable bonds is 25. The molecule has 0 saturated heterocycles. The first-order valence-corrected chi connectivity index (χ1v) is 14.7. The number of carboxylic acid groups (broad SMARTS) is 5. The molecule has 0 bridgehead atoms. The Balaban J connectivity index is -0.0000000535. The van der Waals surface area contributed by atoms with Crippen molar-refractivity contribution in [3.63, 3.8) is 0 Å². The summed E-state index contributed by atoms with van der Waals surface area (Å²) in [4.78, 5) is 64.4. The molecular weight excluding hydrogens is 696 g/mol. The molecule has 0 aliphatic carbocycles. The molecule has 0 radical (unpaired) electrons. The van der Waals surface area contributed by atoms with E-state index in [1.54, 1.807) is 0 Å². The van der Waals surface area contributed by atoms with E-state index in [2.05, 4.69) is 6.92 Å². The van der Waals surface area contributed by atoms with Crippen LogP contribution in [0.25, 0.3) is 0 Å². The average Bonchev–Trinajstić information content (AvgIpc) is 2.93. The molecule has 0 unspecified atom stereocenters. The third-order valence-electron chi connectivity index (χ3n) is 6.00. The largest absolute Gasteiger partial charge is 1.00 e. The van der Waals surface area contributed by atoms with Gasteiger partial charge in [-0.1, -0.05) is 58.3 Å². The normalized spacial score (nSPS) is 12.2. The van der Waals surface area contributed by atoms with Gasteiger partial charge in [0, 0.05) is 19.5 Å². The fourth-order valence-electron chi connectivity index (χ4n) is 3.63. The Labute approximate surface area is 382 Å². The van der Waals surface area contributed by atoms with E-state index in [0.717, 1.165) is 22.6 Å². The molecular formula is C28H56N2Na4O15. The van der Waals surface area contributed by atoms with Crippen molar-refractivity contribution in [2.24, 2.45) is 0 Å². The predicted molar refractivity (Wildman–Crippen MR) is 163 cm³/mol. The van der Waals surface area contributed by atoms with Gasteiger partial charge in [-0.15, -0.1) is 0 Å². The number of carbonyl (C=O) groups is 6. The predicted octanol–water partition coefficient (Wildman–Crippen LogP) is -12.0. The zero-order valence-corrected chi connectivity index (χ0v) is 38.1. The number of aliphatic hydroxyl groups is 4. The van der Waals surface area contributed by atoms with Gasteiger partial charge >= 0.3 is 148 Å². The molecule has 0 fully saturated rings. The summed E-state index contributed by atoms with van der Waals surface area (Å²) < 4.78 is 0. The molecule has 0 heterocycles. The molecule has 0 aliphatic heterocycles. The van der Waals surface area contributed by atoms with Crippen molar-refractivity contribution in [3.05, 3.63) is 0 Å². The number of hydrogen-bond donors (Lipinski definition) is 9. The quantitative estimate of drug-likeness (QED) is 0.0238. The van der Waals surface area contributed by atoms with E-state index in [0.29, 0.717) is 6.42 Å². The minimum Gasteiger partial charge on any atom is -1.00 e. The summed E-state index contributed by atoms with van der Waals surface area (Å²) in [5.74, 6) is -5.57. The minimum atomic E-state index is -1.65. The van der Waals surface area contributed by atoms with Crippen molar-refractivity contribution in [1.29, 1.82) is 0 Å². The number of carbonyl (C=O) groups excluding carboxylic acids is 1. The van der Waals surface area contributed by atoms with Crippen LogP contribution in [0.4, 0.5) is 0 Å². The maximum absolute atomic E-state index is 10.6. The average molecular weight is 753 g/mol. The Morgan fingerprint density at radius 1 is 0.551 bits per heavy atom. The van der Waals surface area contributed by atoms with Crippen molar-refractivity contribution < 1.29 is 199 Å². The third kappa shape index (κ3) is 48.8. The molecule has 0 spiro atoms. The van der Waals surface area contributed by atoms with Crippen LogP contribution in [0.5, 0.6) is 0 Å². The van der Waals surface area contributed by atoms with E-state index in [1.165, 1.54) is 51.9 Å². The Bertz CT molecular complexity index is 813. The van der Waals surface area contributed by atoms with Crippen LogP contribution >= 0.6 is 0 Å². The molecule has 0 rings (SSSR count). The Morgan fingerprint density at radius 2 is 0.857 bits per heavy atom. The van der Waals surface area contributed by atoms with Crippen LogP contribution in [0.15, 0.2) is 0 Å². The number of hydrogen-bond acceptors (Lipinski definition) is 12. The maximum Gasteiger partial charge on any atom is 1.00 e. The molecule has 49 heavy (non-hydrogen) atoms. The summed E-state index contributed by atoms with van der Waals surface area (Å²) in [6, 6.07) is 0. The SMILES string of the molecule is CCCCCCCCCCCC(=O)O.C[C@H](O)[C@H](O)[C@@H](O)[C@@H](O)C=O.O=C(O)CN(CCN(CC(=O)O)CC(=O)O)CC(=O)O.[H-].[H-].[H-].[H-].[Na+].[Na+].[Na+].[Na+]. The molecule has 9 N–H and O–H groups in total. The Kier molecular flexibility index (Phi) is 57.0. The molecule has 0 amide bonds. The smallest absolute Gasteiger partial charge is 1.00 e. The van der Waals surface area contributed by atoms with E-state index in [-0.39, 0.29) is 143 Å². The van der Waals surface area contributed by atoms with Gasteiger partial charge in [-0.3, -0.25) is 33.8 Å². The van der Waals surface area contributed by atoms with E-state index in [4.69, 9.17) is 46.0 Å². The number of aliphatic carboxylic acids is 5. The van der Waals surface area contributed by atoms with Gasteiger partial charge in [-0.25, -0.2) is 0 Å². The topological polar surface area (TPSA) is 291 Å². The summed E-state index contributed by atoms with van der Waals surface area (Å²) in [6.45, 7) is 1.22. The van der Waals surface area contributed by atoms with Gasteiger partial charge in [0.15, 0.2) is 6.29 Å². The van der Waals surface area contributed by atoms with Gasteiger partial charge in [0.2, 0.25) is 0 Å². The zero-order chi connectivity index (χ0) is 35.4. The molecule has 0 aromatic heterocycles. The molecule has 17 nitrogen and oxygen atoms in total. The van der Waals surface area contributed by atoms with Gasteiger partial charge in [-0.05, 0) is 13.3 Å². The number of nitrogens with zero attached hydrogens (tertiary/aromatic N) is 2. The fraction of sp³-hybridized carbons (Fsp3) is 0.786. The van der Waals surface area contributed by atoms with Crippen molar-refractivity contribution in [2.45, 2.75) is 102 Å². The van der Waals surface area contributed by atoms with E-state index >= 15 is 0 Å². The molecule has 0 saturated carbocycles. The van der Waals surface area contributed by atoms with Crippen LogP contribution in [0.3, 0.4) is 0 Å². The summed E-state index contributed by atoms with van der Waals surface area (Å²) >= 11 is 0. The second-order valence-corrected chi connectivity index (χ2v) is 10.3. The van der Waals surface area contributed by atoms with Gasteiger partial charge in [0.1, 0.15) is 18.3 Å². The number of aliphatic hydroxyl groups excluding tert-OH is 4. The van der Waals surface area contributed by atoms with Gasteiger partial charge < -0.3 is 56.5 Å². The second kappa shape index (κ2) is 43.2. The van der Waals surface area contributed by atoms with Crippen LogP contribution in [0, 0.1) is 0 Å². The molecule has 4 atom stereocenters. The summed E-state index contributed by atoms with van der Waals surface area (Å²) in [6.07, 6.45) is 5.60. The molecule has 0 aliphatic rings. The summed E-state index contributed by atoms with van der Waals surface area (Å²) in [7, 11) is 0. The van der Waals surface area contributed by atoms with E-state index in [9.17, 15) is 28.8 Å².